The number of aliphatic hydroxyl groups is 1. The van der Waals surface area contributed by atoms with Crippen LogP contribution in [0.2, 0.25) is 0 Å². The molecule has 0 aliphatic carbocycles. The van der Waals surface area contributed by atoms with Crippen molar-refractivity contribution in [3.05, 3.63) is 41.9 Å². The summed E-state index contributed by atoms with van der Waals surface area (Å²) in [7, 11) is 0. The Morgan fingerprint density at radius 2 is 1.97 bits per heavy atom. The summed E-state index contributed by atoms with van der Waals surface area (Å²) in [6.07, 6.45) is -2.54. The second kappa shape index (κ2) is 8.92. The number of nitrogens with two attached hydrogens (primary N) is 2. The number of carbonyl (C=O) groups excluding carboxylic acids is 1. The van der Waals surface area contributed by atoms with E-state index in [0.29, 0.717) is 25.9 Å². The number of primary amides is 1. The second-order valence-corrected chi connectivity index (χ2v) is 7.24. The van der Waals surface area contributed by atoms with Crippen LogP contribution in [-0.4, -0.2) is 57.8 Å². The topological polar surface area (TPSA) is 120 Å². The quantitative estimate of drug-likeness (QED) is 0.618. The van der Waals surface area contributed by atoms with Crippen molar-refractivity contribution in [2.45, 2.75) is 31.2 Å². The van der Waals surface area contributed by atoms with Crippen molar-refractivity contribution in [3.63, 3.8) is 0 Å². The molecule has 2 aromatic rings. The van der Waals surface area contributed by atoms with E-state index in [1.807, 2.05) is 4.90 Å². The number of aromatic nitrogens is 2. The molecule has 1 saturated heterocycles. The molecule has 1 aliphatic heterocycles. The first-order chi connectivity index (χ1) is 14.2. The van der Waals surface area contributed by atoms with Gasteiger partial charge in [-0.15, -0.1) is 0 Å². The zero-order chi connectivity index (χ0) is 21.9. The molecular weight excluding hydrogens is 403 g/mol. The average Bonchev–Trinajstić information content (AvgIpc) is 3.08. The molecule has 30 heavy (non-hydrogen) atoms. The highest BCUT2D eigenvalue weighted by molar-refractivity contribution is 5.95. The molecular formula is C19H24F3N5O3. The molecule has 1 aromatic carbocycles. The van der Waals surface area contributed by atoms with Gasteiger partial charge in [0, 0.05) is 25.7 Å². The molecule has 3 rings (SSSR count). The van der Waals surface area contributed by atoms with Crippen LogP contribution >= 0.6 is 0 Å². The minimum Gasteiger partial charge on any atom is -0.490 e. The van der Waals surface area contributed by atoms with Crippen molar-refractivity contribution in [2.75, 3.05) is 32.0 Å². The normalized spacial score (nSPS) is 17.1. The van der Waals surface area contributed by atoms with Crippen LogP contribution in [0.1, 0.15) is 34.9 Å². The number of imidazole rings is 1. The summed E-state index contributed by atoms with van der Waals surface area (Å²) in [5.74, 6) is -0.750. The van der Waals surface area contributed by atoms with Crippen LogP contribution in [0, 0.1) is 0 Å². The zero-order valence-corrected chi connectivity index (χ0v) is 16.2. The number of amides is 1. The smallest absolute Gasteiger partial charge is 0.419 e. The molecule has 1 atom stereocenters. The van der Waals surface area contributed by atoms with Crippen LogP contribution in [0.25, 0.3) is 0 Å². The second-order valence-electron chi connectivity index (χ2n) is 7.24. The molecule has 164 valence electrons. The maximum Gasteiger partial charge on any atom is 0.419 e. The molecule has 5 N–H and O–H groups in total. The van der Waals surface area contributed by atoms with Gasteiger partial charge in [-0.2, -0.15) is 13.2 Å². The van der Waals surface area contributed by atoms with Crippen molar-refractivity contribution >= 4 is 11.7 Å². The van der Waals surface area contributed by atoms with Crippen molar-refractivity contribution in [1.29, 1.82) is 0 Å². The largest absolute Gasteiger partial charge is 0.490 e. The summed E-state index contributed by atoms with van der Waals surface area (Å²) in [6.45, 7) is 1.31. The van der Waals surface area contributed by atoms with E-state index < -0.39 is 23.8 Å². The van der Waals surface area contributed by atoms with Gasteiger partial charge in [-0.25, -0.2) is 4.98 Å². The number of rotatable bonds is 7. The monoisotopic (exact) mass is 427 g/mol. The number of nitrogens with zero attached hydrogens (tertiary/aromatic N) is 3. The van der Waals surface area contributed by atoms with Gasteiger partial charge >= 0.3 is 6.18 Å². The average molecular weight is 427 g/mol. The van der Waals surface area contributed by atoms with E-state index in [4.69, 9.17) is 16.2 Å². The van der Waals surface area contributed by atoms with Crippen LogP contribution in [0.4, 0.5) is 19.0 Å². The maximum atomic E-state index is 13.0. The van der Waals surface area contributed by atoms with E-state index in [2.05, 4.69) is 4.98 Å². The number of hydrogen-bond acceptors (Lipinski definition) is 6. The van der Waals surface area contributed by atoms with Gasteiger partial charge in [-0.3, -0.25) is 4.79 Å². The molecule has 1 aromatic heterocycles. The van der Waals surface area contributed by atoms with Crippen LogP contribution in [-0.2, 0) is 6.18 Å². The summed E-state index contributed by atoms with van der Waals surface area (Å²) >= 11 is 0. The molecule has 11 heteroatoms. The Morgan fingerprint density at radius 3 is 2.57 bits per heavy atom. The van der Waals surface area contributed by atoms with Gasteiger partial charge in [0.25, 0.3) is 5.91 Å². The number of carbonyl (C=O) groups is 1. The molecule has 8 nitrogen and oxygen atoms in total. The first-order valence-corrected chi connectivity index (χ1v) is 9.48. The Bertz CT molecular complexity index is 879. The summed E-state index contributed by atoms with van der Waals surface area (Å²) < 4.78 is 46.0. The number of halogens is 3. The van der Waals surface area contributed by atoms with Gasteiger partial charge in [-0.05, 0) is 25.0 Å². The van der Waals surface area contributed by atoms with Gasteiger partial charge in [0.2, 0.25) is 0 Å². The summed E-state index contributed by atoms with van der Waals surface area (Å²) in [5, 5.41) is 10.2. The Kier molecular flexibility index (Phi) is 6.52. The summed E-state index contributed by atoms with van der Waals surface area (Å²) in [5.41, 5.74) is 10.3. The standard InChI is InChI=1S/C19H24F3N5O3/c20-19(21,22)14-3-1-2-4-15(14)30-10-13(28)9-26-7-5-12(6-8-26)27-11-25-16(17(27)23)18(24)29/h1-4,11-13,28H,5-10,23H2,(H2,24,29)/t13-/m0/s1. The predicted molar refractivity (Wildman–Crippen MR) is 103 cm³/mol. The lowest BCUT2D eigenvalue weighted by atomic mass is 10.0. The molecule has 1 aliphatic rings. The summed E-state index contributed by atoms with van der Waals surface area (Å²) in [6, 6.07) is 4.96. The molecule has 2 heterocycles. The highest BCUT2D eigenvalue weighted by Crippen LogP contribution is 2.36. The molecule has 0 spiro atoms. The zero-order valence-electron chi connectivity index (χ0n) is 16.2. The van der Waals surface area contributed by atoms with Gasteiger partial charge in [0.1, 0.15) is 24.3 Å². The third-order valence-electron chi connectivity index (χ3n) is 5.11. The first kappa shape index (κ1) is 21.9. The molecule has 0 radical (unpaired) electrons. The number of likely N-dealkylation sites (tertiary alicyclic amines) is 1. The van der Waals surface area contributed by atoms with Crippen molar-refractivity contribution < 1.29 is 27.8 Å². The molecule has 0 bridgehead atoms. The van der Waals surface area contributed by atoms with Gasteiger partial charge < -0.3 is 30.8 Å². The number of alkyl halides is 3. The van der Waals surface area contributed by atoms with Gasteiger partial charge in [0.05, 0.1) is 11.9 Å². The predicted octanol–water partition coefficient (Wildman–Crippen LogP) is 1.66. The molecule has 0 saturated carbocycles. The Morgan fingerprint density at radius 1 is 1.30 bits per heavy atom. The Hall–Kier alpha value is -2.79. The van der Waals surface area contributed by atoms with Crippen LogP contribution in [0.5, 0.6) is 5.75 Å². The Balaban J connectivity index is 1.49. The number of piperidine rings is 1. The number of anilines is 1. The van der Waals surface area contributed by atoms with Gasteiger partial charge in [0.15, 0.2) is 5.69 Å². The number of β-amino-alcohol motifs (C(OH)–C–C–N with tert-alkyl or cyclic N) is 1. The fourth-order valence-electron chi connectivity index (χ4n) is 3.59. The third kappa shape index (κ3) is 5.03. The number of hydrogen-bond donors (Lipinski definition) is 3. The van der Waals surface area contributed by atoms with E-state index in [1.165, 1.54) is 24.5 Å². The van der Waals surface area contributed by atoms with Crippen molar-refractivity contribution in [1.82, 2.24) is 14.5 Å². The molecule has 1 amide bonds. The van der Waals surface area contributed by atoms with E-state index in [-0.39, 0.29) is 36.5 Å². The molecule has 1 fully saturated rings. The number of para-hydroxylation sites is 1. The maximum absolute atomic E-state index is 13.0. The minimum absolute atomic E-state index is 0.0455. The number of nitrogen functional groups attached to an aromatic ring is 1. The highest BCUT2D eigenvalue weighted by Gasteiger charge is 2.34. The number of ether oxygens (including phenoxy) is 1. The van der Waals surface area contributed by atoms with E-state index >= 15 is 0 Å². The number of benzene rings is 1. The van der Waals surface area contributed by atoms with Crippen LogP contribution < -0.4 is 16.2 Å². The Labute approximate surface area is 171 Å². The fourth-order valence-corrected chi connectivity index (χ4v) is 3.59. The number of aliphatic hydroxyl groups excluding tert-OH is 1. The van der Waals surface area contributed by atoms with Crippen molar-refractivity contribution in [3.8, 4) is 5.75 Å². The van der Waals surface area contributed by atoms with E-state index in [0.717, 1.165) is 6.07 Å². The summed E-state index contributed by atoms with van der Waals surface area (Å²) in [4.78, 5) is 17.2. The lowest BCUT2D eigenvalue weighted by Crippen LogP contribution is -2.41. The van der Waals surface area contributed by atoms with E-state index in [9.17, 15) is 23.1 Å². The first-order valence-electron chi connectivity index (χ1n) is 9.48. The lowest BCUT2D eigenvalue weighted by Gasteiger charge is -2.34. The van der Waals surface area contributed by atoms with Crippen LogP contribution in [0.15, 0.2) is 30.6 Å². The SMILES string of the molecule is NC(=O)c1ncn(C2CCN(C[C@H](O)COc3ccccc3C(F)(F)F)CC2)c1N. The highest BCUT2D eigenvalue weighted by atomic mass is 19.4. The fraction of sp³-hybridized carbons (Fsp3) is 0.474. The van der Waals surface area contributed by atoms with Crippen molar-refractivity contribution in [2.24, 2.45) is 5.73 Å². The lowest BCUT2D eigenvalue weighted by molar-refractivity contribution is -0.139. The van der Waals surface area contributed by atoms with Crippen LogP contribution in [0.3, 0.4) is 0 Å². The van der Waals surface area contributed by atoms with Gasteiger partial charge in [-0.1, -0.05) is 12.1 Å². The third-order valence-corrected chi connectivity index (χ3v) is 5.11. The molecule has 0 unspecified atom stereocenters. The minimum atomic E-state index is -4.52. The van der Waals surface area contributed by atoms with E-state index in [1.54, 1.807) is 4.57 Å².